The van der Waals surface area contributed by atoms with Crippen molar-refractivity contribution < 1.29 is 14.3 Å². The Hall–Kier alpha value is -2.82. The molecule has 4 rings (SSSR count). The van der Waals surface area contributed by atoms with Crippen molar-refractivity contribution in [3.05, 3.63) is 54.1 Å². The van der Waals surface area contributed by atoms with Crippen LogP contribution in [0.15, 0.2) is 48.5 Å². The van der Waals surface area contributed by atoms with E-state index in [1.807, 2.05) is 55.5 Å². The van der Waals surface area contributed by atoms with Crippen LogP contribution in [0.25, 0.3) is 0 Å². The third-order valence-electron chi connectivity index (χ3n) is 4.55. The molecule has 0 unspecified atom stereocenters. The van der Waals surface area contributed by atoms with Crippen molar-refractivity contribution >= 4 is 17.5 Å². The molecule has 1 aliphatic carbocycles. The first-order valence-corrected chi connectivity index (χ1v) is 8.57. The molecular weight excluding hydrogens is 316 g/mol. The monoisotopic (exact) mass is 336 g/mol. The molecule has 5 nitrogen and oxygen atoms in total. The van der Waals surface area contributed by atoms with Gasteiger partial charge in [0.15, 0.2) is 0 Å². The van der Waals surface area contributed by atoms with Gasteiger partial charge in [-0.15, -0.1) is 0 Å². The first-order valence-electron chi connectivity index (χ1n) is 8.57. The predicted octanol–water partition coefficient (Wildman–Crippen LogP) is 3.49. The highest BCUT2D eigenvalue weighted by atomic mass is 16.5. The van der Waals surface area contributed by atoms with Crippen LogP contribution < -0.4 is 10.1 Å². The number of imide groups is 1. The summed E-state index contributed by atoms with van der Waals surface area (Å²) in [6.45, 7) is 2.03. The summed E-state index contributed by atoms with van der Waals surface area (Å²) >= 11 is 0. The molecule has 2 aromatic rings. The molecule has 1 N–H and O–H groups in total. The van der Waals surface area contributed by atoms with Gasteiger partial charge in [-0.3, -0.25) is 14.5 Å². The van der Waals surface area contributed by atoms with E-state index in [0.717, 1.165) is 30.0 Å². The van der Waals surface area contributed by atoms with E-state index in [1.54, 1.807) is 0 Å². The average Bonchev–Trinajstić information content (AvgIpc) is 3.39. The number of carbonyl (C=O) groups is 2. The van der Waals surface area contributed by atoms with Crippen molar-refractivity contribution in [3.8, 4) is 11.5 Å². The van der Waals surface area contributed by atoms with E-state index in [9.17, 15) is 9.59 Å². The van der Waals surface area contributed by atoms with Crippen molar-refractivity contribution in [3.63, 3.8) is 0 Å². The molecule has 0 radical (unpaired) electrons. The van der Waals surface area contributed by atoms with Crippen LogP contribution in [-0.2, 0) is 9.59 Å². The highest BCUT2D eigenvalue weighted by molar-refractivity contribution is 6.07. The zero-order valence-corrected chi connectivity index (χ0v) is 14.1. The number of anilines is 1. The lowest BCUT2D eigenvalue weighted by molar-refractivity contribution is -0.139. The smallest absolute Gasteiger partial charge is 0.252 e. The minimum absolute atomic E-state index is 0.0654. The lowest BCUT2D eigenvalue weighted by Gasteiger charge is -2.15. The Kier molecular flexibility index (Phi) is 3.92. The van der Waals surface area contributed by atoms with Gasteiger partial charge in [0, 0.05) is 11.7 Å². The van der Waals surface area contributed by atoms with Crippen LogP contribution in [0, 0.1) is 6.92 Å². The quantitative estimate of drug-likeness (QED) is 0.849. The maximum atomic E-state index is 12.4. The second-order valence-corrected chi connectivity index (χ2v) is 6.67. The molecule has 5 heteroatoms. The topological polar surface area (TPSA) is 58.6 Å². The Bertz CT molecular complexity index is 795. The molecule has 1 atom stereocenters. The van der Waals surface area contributed by atoms with Crippen molar-refractivity contribution in [1.82, 2.24) is 4.90 Å². The number of likely N-dealkylation sites (tertiary alicyclic amines) is 1. The van der Waals surface area contributed by atoms with Gasteiger partial charge in [-0.2, -0.15) is 0 Å². The van der Waals surface area contributed by atoms with Gasteiger partial charge in [0.25, 0.3) is 5.91 Å². The van der Waals surface area contributed by atoms with Gasteiger partial charge in [-0.25, -0.2) is 0 Å². The Morgan fingerprint density at radius 2 is 1.56 bits per heavy atom. The number of nitrogens with zero attached hydrogens (tertiary/aromatic N) is 1. The Morgan fingerprint density at radius 1 is 0.960 bits per heavy atom. The molecule has 0 aromatic heterocycles. The molecule has 0 bridgehead atoms. The number of benzene rings is 2. The summed E-state index contributed by atoms with van der Waals surface area (Å²) in [4.78, 5) is 25.8. The van der Waals surface area contributed by atoms with Crippen LogP contribution in [0.3, 0.4) is 0 Å². The number of carbonyl (C=O) groups excluding carboxylic acids is 2. The summed E-state index contributed by atoms with van der Waals surface area (Å²) < 4.78 is 5.80. The number of amides is 2. The number of ether oxygens (including phenoxy) is 1. The van der Waals surface area contributed by atoms with Gasteiger partial charge in [0.2, 0.25) is 5.91 Å². The minimum Gasteiger partial charge on any atom is -0.457 e. The third-order valence-corrected chi connectivity index (χ3v) is 4.55. The molecule has 0 spiro atoms. The lowest BCUT2D eigenvalue weighted by atomic mass is 10.2. The minimum atomic E-state index is -0.461. The molecular formula is C20H20N2O3. The Morgan fingerprint density at radius 3 is 2.16 bits per heavy atom. The molecule has 1 aliphatic heterocycles. The number of hydrogen-bond donors (Lipinski definition) is 1. The second-order valence-electron chi connectivity index (χ2n) is 6.67. The molecule has 2 fully saturated rings. The number of aryl methyl sites for hydroxylation is 1. The Balaban J connectivity index is 1.40. The predicted molar refractivity (Wildman–Crippen MR) is 94.6 cm³/mol. The van der Waals surface area contributed by atoms with E-state index >= 15 is 0 Å². The summed E-state index contributed by atoms with van der Waals surface area (Å²) in [5.74, 6) is 1.34. The summed E-state index contributed by atoms with van der Waals surface area (Å²) in [7, 11) is 0. The maximum absolute atomic E-state index is 12.4. The molecule has 1 saturated heterocycles. The van der Waals surface area contributed by atoms with E-state index in [1.165, 1.54) is 10.5 Å². The molecule has 1 heterocycles. The molecule has 1 saturated carbocycles. The van der Waals surface area contributed by atoms with E-state index in [-0.39, 0.29) is 24.3 Å². The first-order chi connectivity index (χ1) is 12.1. The number of rotatable bonds is 5. The maximum Gasteiger partial charge on any atom is 0.252 e. The highest BCUT2D eigenvalue weighted by Crippen LogP contribution is 2.32. The zero-order valence-electron chi connectivity index (χ0n) is 14.1. The van der Waals surface area contributed by atoms with Gasteiger partial charge in [0.1, 0.15) is 17.5 Å². The third kappa shape index (κ3) is 3.36. The second kappa shape index (κ2) is 6.24. The van der Waals surface area contributed by atoms with Gasteiger partial charge in [0.05, 0.1) is 6.42 Å². The molecule has 2 aliphatic rings. The van der Waals surface area contributed by atoms with E-state index < -0.39 is 6.04 Å². The van der Waals surface area contributed by atoms with Crippen molar-refractivity contribution in [2.75, 3.05) is 5.32 Å². The van der Waals surface area contributed by atoms with Crippen LogP contribution in [0.1, 0.15) is 24.8 Å². The van der Waals surface area contributed by atoms with Crippen LogP contribution in [0.5, 0.6) is 11.5 Å². The van der Waals surface area contributed by atoms with Gasteiger partial charge < -0.3 is 10.1 Å². The van der Waals surface area contributed by atoms with Gasteiger partial charge >= 0.3 is 0 Å². The van der Waals surface area contributed by atoms with E-state index in [4.69, 9.17) is 4.74 Å². The summed E-state index contributed by atoms with van der Waals surface area (Å²) in [5.41, 5.74) is 1.99. The average molecular weight is 336 g/mol. The van der Waals surface area contributed by atoms with Crippen LogP contribution >= 0.6 is 0 Å². The largest absolute Gasteiger partial charge is 0.457 e. The van der Waals surface area contributed by atoms with Gasteiger partial charge in [-0.1, -0.05) is 17.7 Å². The SMILES string of the molecule is Cc1ccc(Oc2ccc(N[C@@H]3CC(=O)N(C4CC4)C3=O)cc2)cc1. The van der Waals surface area contributed by atoms with Crippen LogP contribution in [-0.4, -0.2) is 28.8 Å². The molecule has 2 amide bonds. The van der Waals surface area contributed by atoms with Crippen LogP contribution in [0.2, 0.25) is 0 Å². The van der Waals surface area contributed by atoms with Crippen LogP contribution in [0.4, 0.5) is 5.69 Å². The molecule has 2 aromatic carbocycles. The van der Waals surface area contributed by atoms with Crippen molar-refractivity contribution in [2.24, 2.45) is 0 Å². The zero-order chi connectivity index (χ0) is 17.4. The fourth-order valence-electron chi connectivity index (χ4n) is 3.04. The number of nitrogens with one attached hydrogen (secondary N) is 1. The fraction of sp³-hybridized carbons (Fsp3) is 0.300. The molecule has 25 heavy (non-hydrogen) atoms. The van der Waals surface area contributed by atoms with E-state index in [2.05, 4.69) is 5.32 Å². The first kappa shape index (κ1) is 15.7. The highest BCUT2D eigenvalue weighted by Gasteiger charge is 2.46. The fourth-order valence-corrected chi connectivity index (χ4v) is 3.04. The summed E-state index contributed by atoms with van der Waals surface area (Å²) in [6, 6.07) is 15.0. The Labute approximate surface area is 146 Å². The van der Waals surface area contributed by atoms with Crippen molar-refractivity contribution in [1.29, 1.82) is 0 Å². The summed E-state index contributed by atoms with van der Waals surface area (Å²) in [6.07, 6.45) is 2.11. The van der Waals surface area contributed by atoms with Gasteiger partial charge in [-0.05, 0) is 56.2 Å². The number of hydrogen-bond acceptors (Lipinski definition) is 4. The molecule has 128 valence electrons. The van der Waals surface area contributed by atoms with E-state index in [0.29, 0.717) is 0 Å². The standard InChI is InChI=1S/C20H20N2O3/c1-13-2-8-16(9-3-13)25-17-10-4-14(5-11-17)21-18-12-19(23)22(20(18)24)15-6-7-15/h2-5,8-11,15,18,21H,6-7,12H2,1H3/t18-/m1/s1. The van der Waals surface area contributed by atoms with Crippen molar-refractivity contribution in [2.45, 2.75) is 38.3 Å². The normalized spacial score (nSPS) is 20.0. The lowest BCUT2D eigenvalue weighted by Crippen LogP contribution is -2.36. The summed E-state index contributed by atoms with van der Waals surface area (Å²) in [5, 5.41) is 3.16.